The fourth-order valence-electron chi connectivity index (χ4n) is 1.77. The Kier molecular flexibility index (Phi) is 21.7. The average Bonchev–Trinajstić information content (AvgIpc) is 2.73. The summed E-state index contributed by atoms with van der Waals surface area (Å²) in [5, 5.41) is 7.97. The van der Waals surface area contributed by atoms with Gasteiger partial charge in [-0.15, -0.1) is 0 Å². The molecule has 0 fully saturated rings. The van der Waals surface area contributed by atoms with Crippen molar-refractivity contribution in [3.05, 3.63) is 70.8 Å². The molecule has 0 aliphatic heterocycles. The number of Topliss-reactive ketones (excluding diaryl/α,β-unsaturated/α-hetero) is 1. The number of hydrogen-bond acceptors (Lipinski definition) is 3. The highest BCUT2D eigenvalue weighted by Crippen LogP contribution is 2.19. The predicted octanol–water partition coefficient (Wildman–Crippen LogP) is 8.25. The van der Waals surface area contributed by atoms with Crippen LogP contribution < -0.4 is 5.73 Å². The molecule has 2 aromatic rings. The summed E-state index contributed by atoms with van der Waals surface area (Å²) >= 11 is 0. The fourth-order valence-corrected chi connectivity index (χ4v) is 1.77. The highest BCUT2D eigenvalue weighted by atomic mass is 19.1. The Morgan fingerprint density at radius 2 is 1.45 bits per heavy atom. The van der Waals surface area contributed by atoms with Crippen LogP contribution in [-0.2, 0) is 4.79 Å². The van der Waals surface area contributed by atoms with Crippen molar-refractivity contribution in [2.24, 2.45) is 0 Å². The maximum atomic E-state index is 13.3. The van der Waals surface area contributed by atoms with Crippen molar-refractivity contribution >= 4 is 23.3 Å². The van der Waals surface area contributed by atoms with Gasteiger partial charge in [0.15, 0.2) is 0 Å². The third kappa shape index (κ3) is 16.6. The minimum atomic E-state index is -0.387. The molecule has 0 saturated carbocycles. The van der Waals surface area contributed by atoms with Gasteiger partial charge in [0.05, 0.1) is 5.71 Å². The summed E-state index contributed by atoms with van der Waals surface area (Å²) in [6.45, 7) is 16.9. The van der Waals surface area contributed by atoms with Crippen molar-refractivity contribution < 1.29 is 15.0 Å². The molecule has 3 nitrogen and oxygen atoms in total. The zero-order valence-corrected chi connectivity index (χ0v) is 20.6. The van der Waals surface area contributed by atoms with Gasteiger partial charge < -0.3 is 15.9 Å². The first-order valence-corrected chi connectivity index (χ1v) is 10.7. The van der Waals surface area contributed by atoms with Crippen molar-refractivity contribution in [1.82, 2.24) is 0 Å². The van der Waals surface area contributed by atoms with E-state index in [2.05, 4.69) is 13.8 Å². The van der Waals surface area contributed by atoms with Crippen LogP contribution in [0.25, 0.3) is 6.08 Å². The lowest BCUT2D eigenvalue weighted by atomic mass is 10.0. The Hall–Kier alpha value is -2.82. The van der Waals surface area contributed by atoms with Crippen LogP contribution in [0.5, 0.6) is 0 Å². The number of nitrogen functional groups attached to an aromatic ring is 1. The first-order chi connectivity index (χ1) is 14.6. The van der Waals surface area contributed by atoms with Crippen LogP contribution >= 0.6 is 0 Å². The molecule has 0 bridgehead atoms. The van der Waals surface area contributed by atoms with Crippen LogP contribution in [0.3, 0.4) is 0 Å². The number of hydrogen-bond donors (Lipinski definition) is 2. The van der Waals surface area contributed by atoms with E-state index < -0.39 is 0 Å². The molecule has 0 spiro atoms. The van der Waals surface area contributed by atoms with Gasteiger partial charge in [0.2, 0.25) is 0 Å². The lowest BCUT2D eigenvalue weighted by Gasteiger charge is -2.06. The van der Waals surface area contributed by atoms with E-state index in [1.54, 1.807) is 37.3 Å². The van der Waals surface area contributed by atoms with Gasteiger partial charge in [-0.1, -0.05) is 66.2 Å². The molecular formula is C26H42F2N2O. The molecule has 0 atom stereocenters. The number of nitrogens with one attached hydrogen (secondary N) is 1. The highest BCUT2D eigenvalue weighted by Gasteiger charge is 2.07. The molecular weight excluding hydrogens is 394 g/mol. The quantitative estimate of drug-likeness (QED) is 0.376. The van der Waals surface area contributed by atoms with Gasteiger partial charge in [0, 0.05) is 12.7 Å². The second-order valence-corrected chi connectivity index (χ2v) is 6.10. The van der Waals surface area contributed by atoms with E-state index in [0.717, 1.165) is 5.56 Å². The molecule has 31 heavy (non-hydrogen) atoms. The summed E-state index contributed by atoms with van der Waals surface area (Å²) < 4.78 is 26.1. The maximum absolute atomic E-state index is 13.3. The molecule has 0 unspecified atom stereocenters. The number of carbonyl (C=O) groups is 1. The molecule has 0 radical (unpaired) electrons. The van der Waals surface area contributed by atoms with Crippen LogP contribution in [0.2, 0.25) is 0 Å². The van der Waals surface area contributed by atoms with Crippen LogP contribution in [0.4, 0.5) is 14.5 Å². The topological polar surface area (TPSA) is 66.9 Å². The maximum Gasteiger partial charge on any atom is 0.128 e. The Morgan fingerprint density at radius 3 is 1.87 bits per heavy atom. The van der Waals surface area contributed by atoms with Crippen LogP contribution in [0, 0.1) is 24.0 Å². The summed E-state index contributed by atoms with van der Waals surface area (Å²) in [5.41, 5.74) is 7.80. The second-order valence-electron chi connectivity index (χ2n) is 6.10. The third-order valence-electron chi connectivity index (χ3n) is 2.93. The highest BCUT2D eigenvalue weighted by molar-refractivity contribution is 6.11. The largest absolute Gasteiger partial charge is 0.398 e. The SMILES string of the molecule is CC.CC.CC(C)=O.CCC.Cc1cc(C(=N)/C=C/c2ccc(F)cc2)c(N)cc1F.[HH]. The van der Waals surface area contributed by atoms with Gasteiger partial charge in [-0.3, -0.25) is 0 Å². The number of benzene rings is 2. The molecule has 3 N–H and O–H groups in total. The first kappa shape index (κ1) is 32.8. The second kappa shape index (κ2) is 20.5. The van der Waals surface area contributed by atoms with Gasteiger partial charge in [-0.25, -0.2) is 8.78 Å². The Morgan fingerprint density at radius 1 is 1.03 bits per heavy atom. The lowest BCUT2D eigenvalue weighted by Crippen LogP contribution is -2.03. The molecule has 2 aromatic carbocycles. The molecule has 0 aliphatic carbocycles. The number of carbonyl (C=O) groups excluding carboxylic acids is 1. The molecule has 0 amide bonds. The van der Waals surface area contributed by atoms with Gasteiger partial charge >= 0.3 is 0 Å². The van der Waals surface area contributed by atoms with E-state index in [-0.39, 0.29) is 30.2 Å². The number of allylic oxidation sites excluding steroid dienone is 1. The van der Waals surface area contributed by atoms with Crippen LogP contribution in [0.15, 0.2) is 42.5 Å². The van der Waals surface area contributed by atoms with Crippen LogP contribution in [0.1, 0.15) is 79.9 Å². The van der Waals surface area contributed by atoms with Gasteiger partial charge in [0.25, 0.3) is 0 Å². The van der Waals surface area contributed by atoms with E-state index in [9.17, 15) is 13.6 Å². The number of anilines is 1. The summed E-state index contributed by atoms with van der Waals surface area (Å²) in [4.78, 5) is 9.44. The summed E-state index contributed by atoms with van der Waals surface area (Å²) in [6, 6.07) is 8.67. The Balaban J connectivity index is -0.000000279. The summed E-state index contributed by atoms with van der Waals surface area (Å²) in [7, 11) is 0. The molecule has 0 heterocycles. The Bertz CT molecular complexity index is 785. The smallest absolute Gasteiger partial charge is 0.128 e. The third-order valence-corrected chi connectivity index (χ3v) is 2.93. The Labute approximate surface area is 189 Å². The van der Waals surface area contributed by atoms with E-state index in [0.29, 0.717) is 11.1 Å². The zero-order valence-electron chi connectivity index (χ0n) is 20.6. The summed E-state index contributed by atoms with van der Waals surface area (Å²) in [6.07, 6.45) is 4.48. The van der Waals surface area contributed by atoms with Crippen molar-refractivity contribution in [2.75, 3.05) is 5.73 Å². The molecule has 0 aliphatic rings. The van der Waals surface area contributed by atoms with Crippen molar-refractivity contribution in [2.45, 2.75) is 68.7 Å². The van der Waals surface area contributed by atoms with Gasteiger partial charge in [-0.05, 0) is 62.2 Å². The van der Waals surface area contributed by atoms with Crippen LogP contribution in [-0.4, -0.2) is 11.5 Å². The van der Waals surface area contributed by atoms with Crippen molar-refractivity contribution in [3.8, 4) is 0 Å². The normalized spacial score (nSPS) is 8.87. The molecule has 176 valence electrons. The lowest BCUT2D eigenvalue weighted by molar-refractivity contribution is -0.114. The molecule has 2 rings (SSSR count). The average molecular weight is 437 g/mol. The standard InChI is InChI=1S/C16H14F2N2.C3H6O.C3H8.2C2H6.H2/c1-10-8-13(16(20)9-14(10)18)15(19)7-4-11-2-5-12(17)6-3-11;1-3(2)4;1-3-2;2*1-2;/h2-9,19H,20H2,1H3;1-2H3;3H2,1-2H3;2*1-2H3;1H/b7-4+,19-15?;;;;;. The number of halogens is 2. The fraction of sp³-hybridized carbons (Fsp3) is 0.385. The molecule has 0 saturated heterocycles. The van der Waals surface area contributed by atoms with Crippen molar-refractivity contribution in [3.63, 3.8) is 0 Å². The number of aryl methyl sites for hydroxylation is 1. The number of ketones is 1. The molecule has 0 aromatic heterocycles. The first-order valence-electron chi connectivity index (χ1n) is 10.7. The van der Waals surface area contributed by atoms with E-state index in [4.69, 9.17) is 11.1 Å². The monoisotopic (exact) mass is 436 g/mol. The number of rotatable bonds is 3. The minimum Gasteiger partial charge on any atom is -0.398 e. The van der Waals surface area contributed by atoms with E-state index in [1.807, 2.05) is 27.7 Å². The van der Waals surface area contributed by atoms with Crippen molar-refractivity contribution in [1.29, 1.82) is 5.41 Å². The van der Waals surface area contributed by atoms with E-state index >= 15 is 0 Å². The van der Waals surface area contributed by atoms with Gasteiger partial charge in [-0.2, -0.15) is 0 Å². The predicted molar refractivity (Wildman–Crippen MR) is 135 cm³/mol. The molecule has 5 heteroatoms. The number of nitrogens with two attached hydrogens (primary N) is 1. The van der Waals surface area contributed by atoms with E-state index in [1.165, 1.54) is 38.5 Å². The zero-order chi connectivity index (χ0) is 25.0. The summed E-state index contributed by atoms with van der Waals surface area (Å²) in [5.74, 6) is -0.530. The minimum absolute atomic E-state index is 0. The van der Waals surface area contributed by atoms with Gasteiger partial charge in [0.1, 0.15) is 17.4 Å².